The molecule has 0 aliphatic carbocycles. The van der Waals surface area contributed by atoms with E-state index in [2.05, 4.69) is 20.6 Å². The van der Waals surface area contributed by atoms with Gasteiger partial charge in [0.2, 0.25) is 0 Å². The lowest BCUT2D eigenvalue weighted by atomic mass is 10.3. The van der Waals surface area contributed by atoms with E-state index in [1.54, 1.807) is 0 Å². The first-order valence-corrected chi connectivity index (χ1v) is 5.10. The molecule has 0 aliphatic rings. The first-order chi connectivity index (χ1) is 7.22. The number of alkyl halides is 1. The van der Waals surface area contributed by atoms with Crippen LogP contribution in [0.1, 0.15) is 6.92 Å². The molecule has 2 aromatic rings. The van der Waals surface area contributed by atoms with Crippen LogP contribution < -0.4 is 4.90 Å². The second-order valence-corrected chi connectivity index (χ2v) is 3.64. The van der Waals surface area contributed by atoms with E-state index in [4.69, 9.17) is 11.6 Å². The lowest BCUT2D eigenvalue weighted by molar-refractivity contribution is 0.693. The highest BCUT2D eigenvalue weighted by Gasteiger charge is 2.11. The average Bonchev–Trinajstić information content (AvgIpc) is 2.73. The maximum Gasteiger partial charge on any atom is 0.200 e. The van der Waals surface area contributed by atoms with Crippen molar-refractivity contribution in [3.05, 3.63) is 12.1 Å². The van der Waals surface area contributed by atoms with Gasteiger partial charge in [-0.15, -0.1) is 26.4 Å². The molecule has 1 atom stereocenters. The Hall–Kier alpha value is -1.43. The van der Waals surface area contributed by atoms with E-state index in [0.29, 0.717) is 11.5 Å². The molecule has 0 amide bonds. The van der Waals surface area contributed by atoms with Crippen LogP contribution in [0.3, 0.4) is 0 Å². The van der Waals surface area contributed by atoms with Crippen molar-refractivity contribution in [2.75, 3.05) is 17.8 Å². The number of tetrazole rings is 1. The van der Waals surface area contributed by atoms with Gasteiger partial charge in [-0.2, -0.15) is 0 Å². The zero-order chi connectivity index (χ0) is 10.8. The second-order valence-electron chi connectivity index (χ2n) is 3.33. The van der Waals surface area contributed by atoms with E-state index in [0.717, 1.165) is 5.82 Å². The predicted octanol–water partition coefficient (Wildman–Crippen LogP) is 0.583. The van der Waals surface area contributed by atoms with Crippen LogP contribution in [-0.4, -0.2) is 44.2 Å². The number of aromatic nitrogens is 5. The quantitative estimate of drug-likeness (QED) is 0.717. The van der Waals surface area contributed by atoms with Crippen LogP contribution in [0.4, 0.5) is 5.82 Å². The van der Waals surface area contributed by atoms with Crippen LogP contribution in [0.5, 0.6) is 0 Å². The first kappa shape index (κ1) is 10.1. The van der Waals surface area contributed by atoms with E-state index < -0.39 is 0 Å². The molecule has 80 valence electrons. The molecule has 0 aromatic carbocycles. The molecule has 0 saturated carbocycles. The van der Waals surface area contributed by atoms with Crippen molar-refractivity contribution in [3.63, 3.8) is 0 Å². The standard InChI is InChI=1S/C8H11ClN6/c1-6(5-9)14(2)8-4-3-7-10-12-13-15(7)11-8/h3-4,6H,5H2,1-2H3. The van der Waals surface area contributed by atoms with Crippen LogP contribution in [0.15, 0.2) is 12.1 Å². The van der Waals surface area contributed by atoms with Crippen molar-refractivity contribution in [1.82, 2.24) is 25.3 Å². The Bertz CT molecular complexity index is 455. The number of halogens is 1. The summed E-state index contributed by atoms with van der Waals surface area (Å²) >= 11 is 5.78. The van der Waals surface area contributed by atoms with Gasteiger partial charge < -0.3 is 4.90 Å². The summed E-state index contributed by atoms with van der Waals surface area (Å²) in [4.78, 5) is 1.98. The maximum absolute atomic E-state index is 5.78. The predicted molar refractivity (Wildman–Crippen MR) is 57.2 cm³/mol. The molecule has 0 aliphatic heterocycles. The summed E-state index contributed by atoms with van der Waals surface area (Å²) in [5, 5.41) is 15.3. The summed E-state index contributed by atoms with van der Waals surface area (Å²) < 4.78 is 1.40. The summed E-state index contributed by atoms with van der Waals surface area (Å²) in [7, 11) is 1.94. The Morgan fingerprint density at radius 2 is 2.33 bits per heavy atom. The van der Waals surface area contributed by atoms with E-state index >= 15 is 0 Å². The average molecular weight is 227 g/mol. The van der Waals surface area contributed by atoms with E-state index in [-0.39, 0.29) is 6.04 Å². The van der Waals surface area contributed by atoms with Gasteiger partial charge in [0.15, 0.2) is 11.5 Å². The molecule has 1 unspecified atom stereocenters. The monoisotopic (exact) mass is 226 g/mol. The fourth-order valence-electron chi connectivity index (χ4n) is 1.16. The van der Waals surface area contributed by atoms with Crippen LogP contribution in [0.25, 0.3) is 5.65 Å². The molecule has 7 heteroatoms. The van der Waals surface area contributed by atoms with Crippen molar-refractivity contribution in [2.24, 2.45) is 0 Å². The molecule has 0 bridgehead atoms. The maximum atomic E-state index is 5.78. The minimum Gasteiger partial charge on any atom is -0.354 e. The Balaban J connectivity index is 2.35. The van der Waals surface area contributed by atoms with Crippen LogP contribution >= 0.6 is 11.6 Å². The zero-order valence-corrected chi connectivity index (χ0v) is 9.26. The molecule has 0 spiro atoms. The molecule has 2 heterocycles. The van der Waals surface area contributed by atoms with Gasteiger partial charge in [-0.1, -0.05) is 0 Å². The molecule has 2 rings (SSSR count). The van der Waals surface area contributed by atoms with Crippen LogP contribution in [0, 0.1) is 0 Å². The van der Waals surface area contributed by atoms with E-state index in [1.165, 1.54) is 4.63 Å². The highest BCUT2D eigenvalue weighted by Crippen LogP contribution is 2.12. The lowest BCUT2D eigenvalue weighted by Gasteiger charge is -2.23. The molecular formula is C8H11ClN6. The van der Waals surface area contributed by atoms with Crippen molar-refractivity contribution >= 4 is 23.1 Å². The molecule has 15 heavy (non-hydrogen) atoms. The van der Waals surface area contributed by atoms with Crippen LogP contribution in [-0.2, 0) is 0 Å². The van der Waals surface area contributed by atoms with Gasteiger partial charge in [-0.3, -0.25) is 0 Å². The van der Waals surface area contributed by atoms with E-state index in [9.17, 15) is 0 Å². The minimum atomic E-state index is 0.216. The number of hydrogen-bond acceptors (Lipinski definition) is 5. The Kier molecular flexibility index (Phi) is 2.68. The van der Waals surface area contributed by atoms with Crippen LogP contribution in [0.2, 0.25) is 0 Å². The van der Waals surface area contributed by atoms with Gasteiger partial charge in [0.05, 0.1) is 0 Å². The first-order valence-electron chi connectivity index (χ1n) is 4.56. The van der Waals surface area contributed by atoms with Gasteiger partial charge in [-0.25, -0.2) is 0 Å². The summed E-state index contributed by atoms with van der Waals surface area (Å²) in [6.45, 7) is 2.03. The minimum absolute atomic E-state index is 0.216. The largest absolute Gasteiger partial charge is 0.354 e. The van der Waals surface area contributed by atoms with E-state index in [1.807, 2.05) is 31.0 Å². The van der Waals surface area contributed by atoms with Gasteiger partial charge in [0.1, 0.15) is 0 Å². The third-order valence-corrected chi connectivity index (χ3v) is 2.75. The van der Waals surface area contributed by atoms with Gasteiger partial charge in [-0.05, 0) is 29.5 Å². The van der Waals surface area contributed by atoms with Gasteiger partial charge >= 0.3 is 0 Å². The molecule has 0 fully saturated rings. The molecule has 6 nitrogen and oxygen atoms in total. The SMILES string of the molecule is CC(CCl)N(C)c1ccc2nnnn2n1. The highest BCUT2D eigenvalue weighted by atomic mass is 35.5. The number of anilines is 1. The zero-order valence-electron chi connectivity index (χ0n) is 8.50. The lowest BCUT2D eigenvalue weighted by Crippen LogP contribution is -2.31. The third kappa shape index (κ3) is 1.85. The van der Waals surface area contributed by atoms with Gasteiger partial charge in [0, 0.05) is 19.0 Å². The molecule has 0 radical (unpaired) electrons. The molecular weight excluding hydrogens is 216 g/mol. The molecule has 2 aromatic heterocycles. The smallest absolute Gasteiger partial charge is 0.200 e. The van der Waals surface area contributed by atoms with Crippen molar-refractivity contribution in [3.8, 4) is 0 Å². The molecule has 0 N–H and O–H groups in total. The Morgan fingerprint density at radius 3 is 3.07 bits per heavy atom. The summed E-state index contributed by atoms with van der Waals surface area (Å²) in [5.74, 6) is 1.34. The Morgan fingerprint density at radius 1 is 1.53 bits per heavy atom. The molecule has 0 saturated heterocycles. The van der Waals surface area contributed by atoms with Crippen molar-refractivity contribution in [2.45, 2.75) is 13.0 Å². The number of nitrogens with zero attached hydrogens (tertiary/aromatic N) is 6. The highest BCUT2D eigenvalue weighted by molar-refractivity contribution is 6.18. The summed E-state index contributed by atoms with van der Waals surface area (Å²) in [6.07, 6.45) is 0. The number of rotatable bonds is 3. The third-order valence-electron chi connectivity index (χ3n) is 2.30. The Labute approximate surface area is 91.8 Å². The number of hydrogen-bond donors (Lipinski definition) is 0. The second kappa shape index (κ2) is 3.98. The number of fused-ring (bicyclic) bond motifs is 1. The normalized spacial score (nSPS) is 13.0. The summed E-state index contributed by atoms with van der Waals surface area (Å²) in [5.41, 5.74) is 0.630. The fourth-order valence-corrected chi connectivity index (χ4v) is 1.36. The topological polar surface area (TPSA) is 59.2 Å². The fraction of sp³-hybridized carbons (Fsp3) is 0.500. The van der Waals surface area contributed by atoms with Crippen molar-refractivity contribution in [1.29, 1.82) is 0 Å². The van der Waals surface area contributed by atoms with Gasteiger partial charge in [0.25, 0.3) is 0 Å². The summed E-state index contributed by atoms with van der Waals surface area (Å²) in [6, 6.07) is 3.90. The van der Waals surface area contributed by atoms with Crippen molar-refractivity contribution < 1.29 is 0 Å².